The Hall–Kier alpha value is -1.59. The van der Waals surface area contributed by atoms with Gasteiger partial charge < -0.3 is 14.9 Å². The highest BCUT2D eigenvalue weighted by molar-refractivity contribution is 6.02. The van der Waals surface area contributed by atoms with Gasteiger partial charge in [0.25, 0.3) is 0 Å². The first kappa shape index (κ1) is 12.9. The van der Waals surface area contributed by atoms with Gasteiger partial charge in [0.2, 0.25) is 11.8 Å². The van der Waals surface area contributed by atoms with Gasteiger partial charge in [0.15, 0.2) is 0 Å². The first-order chi connectivity index (χ1) is 8.47. The van der Waals surface area contributed by atoms with Crippen molar-refractivity contribution >= 4 is 17.8 Å². The maximum Gasteiger partial charge on any atom is 0.319 e. The van der Waals surface area contributed by atoms with E-state index in [0.717, 1.165) is 6.42 Å². The van der Waals surface area contributed by atoms with E-state index < -0.39 is 11.4 Å². The normalized spacial score (nSPS) is 22.3. The van der Waals surface area contributed by atoms with Gasteiger partial charge in [-0.3, -0.25) is 14.4 Å². The van der Waals surface area contributed by atoms with Crippen molar-refractivity contribution in [3.05, 3.63) is 0 Å². The number of amides is 2. The number of hydrogen-bond donors (Lipinski definition) is 1. The van der Waals surface area contributed by atoms with Crippen molar-refractivity contribution < 1.29 is 19.5 Å². The minimum atomic E-state index is -1.18. The van der Waals surface area contributed by atoms with Gasteiger partial charge >= 0.3 is 5.97 Å². The van der Waals surface area contributed by atoms with E-state index in [-0.39, 0.29) is 11.8 Å². The van der Waals surface area contributed by atoms with E-state index in [2.05, 4.69) is 0 Å². The number of carbonyl (C=O) groups is 3. The Bertz CT molecular complexity index is 382. The predicted octanol–water partition coefficient (Wildman–Crippen LogP) is -0.0680. The van der Waals surface area contributed by atoms with Gasteiger partial charge in [-0.25, -0.2) is 0 Å². The van der Waals surface area contributed by atoms with Crippen molar-refractivity contribution in [2.45, 2.75) is 26.2 Å². The summed E-state index contributed by atoms with van der Waals surface area (Å²) in [5.41, 5.74) is -1.18. The zero-order chi connectivity index (χ0) is 13.3. The Morgan fingerprint density at radius 2 is 1.50 bits per heavy atom. The van der Waals surface area contributed by atoms with Crippen LogP contribution >= 0.6 is 0 Å². The van der Waals surface area contributed by atoms with Crippen LogP contribution in [0.3, 0.4) is 0 Å². The lowest BCUT2D eigenvalue weighted by atomic mass is 9.67. The van der Waals surface area contributed by atoms with Gasteiger partial charge in [0, 0.05) is 33.1 Å². The van der Waals surface area contributed by atoms with Crippen LogP contribution in [0.1, 0.15) is 26.2 Å². The molecule has 0 aromatic heterocycles. The summed E-state index contributed by atoms with van der Waals surface area (Å²) in [5, 5.41) is 9.21. The average molecular weight is 254 g/mol. The maximum absolute atomic E-state index is 12.3. The third kappa shape index (κ3) is 1.95. The summed E-state index contributed by atoms with van der Waals surface area (Å²) >= 11 is 0. The summed E-state index contributed by atoms with van der Waals surface area (Å²) in [6.45, 7) is 3.37. The zero-order valence-electron chi connectivity index (χ0n) is 10.5. The molecular formula is C12H18N2O4. The van der Waals surface area contributed by atoms with Crippen molar-refractivity contribution in [3.8, 4) is 0 Å². The van der Waals surface area contributed by atoms with Crippen LogP contribution in [-0.4, -0.2) is 58.9 Å². The molecule has 0 unspecified atom stereocenters. The Labute approximate surface area is 106 Å². The van der Waals surface area contributed by atoms with E-state index in [0.29, 0.717) is 39.0 Å². The molecule has 0 aromatic carbocycles. The molecule has 0 atom stereocenters. The summed E-state index contributed by atoms with van der Waals surface area (Å²) in [6, 6.07) is 0. The van der Waals surface area contributed by atoms with E-state index >= 15 is 0 Å². The molecule has 0 spiro atoms. The second-order valence-corrected chi connectivity index (χ2v) is 5.04. The van der Waals surface area contributed by atoms with Crippen LogP contribution in [-0.2, 0) is 14.4 Å². The number of rotatable bonds is 2. The lowest BCUT2D eigenvalue weighted by molar-refractivity contribution is -0.169. The molecule has 0 bridgehead atoms. The Kier molecular flexibility index (Phi) is 3.28. The van der Waals surface area contributed by atoms with Gasteiger partial charge in [-0.05, 0) is 12.8 Å². The van der Waals surface area contributed by atoms with E-state index in [1.54, 1.807) is 9.80 Å². The fourth-order valence-electron chi connectivity index (χ4n) is 2.58. The monoisotopic (exact) mass is 254 g/mol. The maximum atomic E-state index is 12.3. The van der Waals surface area contributed by atoms with Crippen LogP contribution in [0.2, 0.25) is 0 Å². The molecule has 1 saturated heterocycles. The van der Waals surface area contributed by atoms with Crippen molar-refractivity contribution in [2.75, 3.05) is 26.2 Å². The second kappa shape index (κ2) is 4.59. The summed E-state index contributed by atoms with van der Waals surface area (Å²) in [4.78, 5) is 38.0. The molecule has 6 nitrogen and oxygen atoms in total. The van der Waals surface area contributed by atoms with E-state index in [1.807, 2.05) is 0 Å². The third-order valence-electron chi connectivity index (χ3n) is 4.04. The van der Waals surface area contributed by atoms with Crippen LogP contribution < -0.4 is 0 Å². The molecule has 2 aliphatic rings. The molecule has 1 heterocycles. The minimum absolute atomic E-state index is 0.00121. The van der Waals surface area contributed by atoms with Crippen LogP contribution in [0, 0.1) is 5.41 Å². The third-order valence-corrected chi connectivity index (χ3v) is 4.04. The number of nitrogens with zero attached hydrogens (tertiary/aromatic N) is 2. The molecule has 6 heteroatoms. The van der Waals surface area contributed by atoms with Crippen LogP contribution in [0.15, 0.2) is 0 Å². The smallest absolute Gasteiger partial charge is 0.319 e. The standard InChI is InChI=1S/C12H18N2O4/c1-9(15)13-5-7-14(8-6-13)10(16)12(11(17)18)3-2-4-12/h2-8H2,1H3,(H,17,18). The van der Waals surface area contributed by atoms with Crippen LogP contribution in [0.5, 0.6) is 0 Å². The lowest BCUT2D eigenvalue weighted by Crippen LogP contribution is -2.58. The SMILES string of the molecule is CC(=O)N1CCN(C(=O)C2(C(=O)O)CCC2)CC1. The highest BCUT2D eigenvalue weighted by Gasteiger charge is 2.53. The van der Waals surface area contributed by atoms with Crippen molar-refractivity contribution in [3.63, 3.8) is 0 Å². The molecule has 2 amide bonds. The fraction of sp³-hybridized carbons (Fsp3) is 0.750. The highest BCUT2D eigenvalue weighted by Crippen LogP contribution is 2.42. The number of carbonyl (C=O) groups excluding carboxylic acids is 2. The van der Waals surface area contributed by atoms with Crippen molar-refractivity contribution in [1.29, 1.82) is 0 Å². The average Bonchev–Trinajstić information content (AvgIpc) is 2.27. The summed E-state index contributed by atoms with van der Waals surface area (Å²) < 4.78 is 0. The second-order valence-electron chi connectivity index (χ2n) is 5.04. The van der Waals surface area contributed by atoms with Crippen molar-refractivity contribution in [2.24, 2.45) is 5.41 Å². The summed E-state index contributed by atoms with van der Waals surface area (Å²) in [7, 11) is 0. The molecule has 1 N–H and O–H groups in total. The van der Waals surface area contributed by atoms with Gasteiger partial charge in [0.05, 0.1) is 0 Å². The Morgan fingerprint density at radius 3 is 1.83 bits per heavy atom. The molecule has 1 aliphatic carbocycles. The molecule has 0 radical (unpaired) electrons. The van der Waals surface area contributed by atoms with Crippen LogP contribution in [0.4, 0.5) is 0 Å². The number of carboxylic acid groups (broad SMARTS) is 1. The number of carboxylic acids is 1. The topological polar surface area (TPSA) is 77.9 Å². The van der Waals surface area contributed by atoms with Crippen LogP contribution in [0.25, 0.3) is 0 Å². The van der Waals surface area contributed by atoms with E-state index in [4.69, 9.17) is 0 Å². The lowest BCUT2D eigenvalue weighted by Gasteiger charge is -2.42. The van der Waals surface area contributed by atoms with Gasteiger partial charge in [-0.15, -0.1) is 0 Å². The largest absolute Gasteiger partial charge is 0.480 e. The predicted molar refractivity (Wildman–Crippen MR) is 62.8 cm³/mol. The van der Waals surface area contributed by atoms with E-state index in [1.165, 1.54) is 6.92 Å². The Morgan fingerprint density at radius 1 is 1.00 bits per heavy atom. The molecule has 2 fully saturated rings. The van der Waals surface area contributed by atoms with Gasteiger partial charge in [0.1, 0.15) is 5.41 Å². The highest BCUT2D eigenvalue weighted by atomic mass is 16.4. The first-order valence-corrected chi connectivity index (χ1v) is 6.26. The number of aliphatic carboxylic acids is 1. The first-order valence-electron chi connectivity index (χ1n) is 6.26. The molecule has 0 aromatic rings. The minimum Gasteiger partial charge on any atom is -0.480 e. The number of hydrogen-bond acceptors (Lipinski definition) is 3. The van der Waals surface area contributed by atoms with Gasteiger partial charge in [-0.2, -0.15) is 0 Å². The zero-order valence-corrected chi connectivity index (χ0v) is 10.5. The molecule has 1 aliphatic heterocycles. The number of piperazine rings is 1. The molecule has 18 heavy (non-hydrogen) atoms. The molecule has 100 valence electrons. The Balaban J connectivity index is 1.99. The van der Waals surface area contributed by atoms with Crippen molar-refractivity contribution in [1.82, 2.24) is 9.80 Å². The van der Waals surface area contributed by atoms with Gasteiger partial charge in [-0.1, -0.05) is 6.42 Å². The summed E-state index contributed by atoms with van der Waals surface area (Å²) in [5.74, 6) is -1.28. The summed E-state index contributed by atoms with van der Waals surface area (Å²) in [6.07, 6.45) is 1.67. The molecule has 2 rings (SSSR count). The fourth-order valence-corrected chi connectivity index (χ4v) is 2.58. The van der Waals surface area contributed by atoms with E-state index in [9.17, 15) is 19.5 Å². The molecule has 1 saturated carbocycles. The molecular weight excluding hydrogens is 236 g/mol. The quantitative estimate of drug-likeness (QED) is 0.700.